The van der Waals surface area contributed by atoms with Crippen molar-refractivity contribution in [1.29, 1.82) is 0 Å². The summed E-state index contributed by atoms with van der Waals surface area (Å²) in [6, 6.07) is 22.3. The fourth-order valence-electron chi connectivity index (χ4n) is 4.51. The highest BCUT2D eigenvalue weighted by atomic mass is 16.5. The molecule has 0 aromatic heterocycles. The molecule has 0 spiro atoms. The van der Waals surface area contributed by atoms with Crippen LogP contribution in [0.15, 0.2) is 83.5 Å². The van der Waals surface area contributed by atoms with Crippen LogP contribution in [0.5, 0.6) is 11.5 Å². The molecule has 1 unspecified atom stereocenters. The summed E-state index contributed by atoms with van der Waals surface area (Å²) in [6.45, 7) is 0. The maximum Gasteiger partial charge on any atom is 0.233 e. The number of hydrogen-bond donors (Lipinski definition) is 0. The highest BCUT2D eigenvalue weighted by molar-refractivity contribution is 6.53. The topological polar surface area (TPSA) is 68.2 Å². The largest absolute Gasteiger partial charge is 0.497 e. The van der Waals surface area contributed by atoms with Crippen molar-refractivity contribution in [2.75, 3.05) is 21.3 Å². The van der Waals surface area contributed by atoms with Gasteiger partial charge in [-0.25, -0.2) is 0 Å². The van der Waals surface area contributed by atoms with Crippen molar-refractivity contribution < 1.29 is 19.1 Å². The molecule has 0 saturated heterocycles. The lowest BCUT2D eigenvalue weighted by Gasteiger charge is -2.36. The average molecular weight is 438 g/mol. The molecule has 0 fully saturated rings. The molecular formula is C27H22N2O4. The summed E-state index contributed by atoms with van der Waals surface area (Å²) in [5, 5.41) is 6.61. The smallest absolute Gasteiger partial charge is 0.233 e. The zero-order chi connectivity index (χ0) is 23.1. The first-order valence-corrected chi connectivity index (χ1v) is 10.6. The zero-order valence-electron chi connectivity index (χ0n) is 18.5. The van der Waals surface area contributed by atoms with Crippen molar-refractivity contribution in [3.05, 3.63) is 101 Å². The number of hydrogen-bond acceptors (Lipinski definition) is 6. The second-order valence-corrected chi connectivity index (χ2v) is 7.91. The summed E-state index contributed by atoms with van der Waals surface area (Å²) in [4.78, 5) is 26.6. The predicted octanol–water partition coefficient (Wildman–Crippen LogP) is 4.31. The molecule has 0 amide bonds. The molecule has 0 radical (unpaired) electrons. The molecule has 3 aromatic rings. The minimum Gasteiger partial charge on any atom is -0.497 e. The van der Waals surface area contributed by atoms with Gasteiger partial charge in [-0.1, -0.05) is 36.4 Å². The van der Waals surface area contributed by atoms with Crippen LogP contribution in [0.25, 0.3) is 5.70 Å². The third-order valence-corrected chi connectivity index (χ3v) is 6.11. The van der Waals surface area contributed by atoms with E-state index in [1.165, 1.54) is 0 Å². The van der Waals surface area contributed by atoms with Crippen LogP contribution in [-0.4, -0.2) is 43.6 Å². The molecule has 5 rings (SSSR count). The number of rotatable bonds is 4. The van der Waals surface area contributed by atoms with Crippen LogP contribution >= 0.6 is 0 Å². The van der Waals surface area contributed by atoms with Crippen molar-refractivity contribution in [3.63, 3.8) is 0 Å². The van der Waals surface area contributed by atoms with Crippen LogP contribution in [-0.2, 0) is 4.79 Å². The second kappa shape index (κ2) is 8.06. The van der Waals surface area contributed by atoms with Crippen LogP contribution in [0.4, 0.5) is 0 Å². The summed E-state index contributed by atoms with van der Waals surface area (Å²) < 4.78 is 10.6. The Bertz CT molecular complexity index is 1320. The first-order chi connectivity index (χ1) is 16.0. The van der Waals surface area contributed by atoms with Crippen molar-refractivity contribution in [3.8, 4) is 11.5 Å². The number of carbonyl (C=O) groups is 2. The number of allylic oxidation sites excluding steroid dienone is 1. The van der Waals surface area contributed by atoms with E-state index in [0.29, 0.717) is 28.3 Å². The van der Waals surface area contributed by atoms with E-state index in [1.807, 2.05) is 67.7 Å². The van der Waals surface area contributed by atoms with Gasteiger partial charge in [-0.3, -0.25) is 14.6 Å². The Balaban J connectivity index is 1.75. The molecule has 0 N–H and O–H groups in total. The first kappa shape index (κ1) is 20.7. The van der Waals surface area contributed by atoms with Gasteiger partial charge in [0.15, 0.2) is 0 Å². The van der Waals surface area contributed by atoms with Gasteiger partial charge < -0.3 is 9.47 Å². The van der Waals surface area contributed by atoms with E-state index < -0.39 is 17.5 Å². The normalized spacial score (nSPS) is 17.4. The van der Waals surface area contributed by atoms with Crippen LogP contribution in [0.1, 0.15) is 33.0 Å². The third kappa shape index (κ3) is 3.31. The van der Waals surface area contributed by atoms with E-state index >= 15 is 0 Å². The van der Waals surface area contributed by atoms with Gasteiger partial charge in [0, 0.05) is 23.7 Å². The van der Waals surface area contributed by atoms with Crippen LogP contribution in [0.2, 0.25) is 0 Å². The van der Waals surface area contributed by atoms with Gasteiger partial charge >= 0.3 is 0 Å². The van der Waals surface area contributed by atoms with Gasteiger partial charge in [0.05, 0.1) is 31.5 Å². The summed E-state index contributed by atoms with van der Waals surface area (Å²) in [5.41, 5.74) is 4.60. The van der Waals surface area contributed by atoms with Crippen molar-refractivity contribution in [2.24, 2.45) is 5.10 Å². The molecule has 1 heterocycles. The minimum absolute atomic E-state index is 0.407. The highest BCUT2D eigenvalue weighted by Crippen LogP contribution is 2.44. The van der Waals surface area contributed by atoms with Gasteiger partial charge in [0.1, 0.15) is 11.5 Å². The molecule has 3 aromatic carbocycles. The van der Waals surface area contributed by atoms with E-state index in [1.54, 1.807) is 31.4 Å². The molecule has 6 nitrogen and oxygen atoms in total. The Morgan fingerprint density at radius 1 is 0.758 bits per heavy atom. The summed E-state index contributed by atoms with van der Waals surface area (Å²) >= 11 is 0. The number of carbonyl (C=O) groups excluding carboxylic acids is 2. The van der Waals surface area contributed by atoms with Gasteiger partial charge in [-0.05, 0) is 47.5 Å². The maximum absolute atomic E-state index is 13.5. The molecular weight excluding hydrogens is 416 g/mol. The summed E-state index contributed by atoms with van der Waals surface area (Å²) in [6.07, 6.45) is 0. The van der Waals surface area contributed by atoms with Gasteiger partial charge in [0.25, 0.3) is 0 Å². The van der Waals surface area contributed by atoms with Crippen molar-refractivity contribution in [2.45, 2.75) is 5.92 Å². The summed E-state index contributed by atoms with van der Waals surface area (Å²) in [5.74, 6) is -0.0766. The summed E-state index contributed by atoms with van der Waals surface area (Å²) in [7, 11) is 5.03. The van der Waals surface area contributed by atoms with Gasteiger partial charge in [0.2, 0.25) is 11.6 Å². The van der Waals surface area contributed by atoms with Crippen molar-refractivity contribution >= 4 is 23.0 Å². The van der Waals surface area contributed by atoms with Crippen LogP contribution < -0.4 is 9.47 Å². The number of methoxy groups -OCH3 is 2. The fourth-order valence-corrected chi connectivity index (χ4v) is 4.51. The number of nitrogens with zero attached hydrogens (tertiary/aromatic N) is 2. The van der Waals surface area contributed by atoms with E-state index in [4.69, 9.17) is 14.6 Å². The highest BCUT2D eigenvalue weighted by Gasteiger charge is 2.43. The Morgan fingerprint density at radius 3 is 1.94 bits per heavy atom. The molecule has 164 valence electrons. The molecule has 0 saturated carbocycles. The molecule has 6 heteroatoms. The van der Waals surface area contributed by atoms with Crippen LogP contribution in [0, 0.1) is 0 Å². The third-order valence-electron chi connectivity index (χ3n) is 6.11. The SMILES string of the molecule is COc1ccc(C2=NN(C)C3=C(C(=O)C(=O)c4ccccc43)C2c2ccc(OC)cc2)cc1. The number of benzene rings is 3. The average Bonchev–Trinajstić information content (AvgIpc) is 2.87. The van der Waals surface area contributed by atoms with Gasteiger partial charge in [-0.15, -0.1) is 0 Å². The van der Waals surface area contributed by atoms with E-state index in [2.05, 4.69) is 0 Å². The molecule has 1 atom stereocenters. The number of ketones is 2. The number of Topliss-reactive ketones (excluding diaryl/α,β-unsaturated/α-hetero) is 2. The first-order valence-electron chi connectivity index (χ1n) is 10.6. The maximum atomic E-state index is 13.5. The van der Waals surface area contributed by atoms with Crippen molar-refractivity contribution in [1.82, 2.24) is 5.01 Å². The number of hydrazone groups is 1. The lowest BCUT2D eigenvalue weighted by Crippen LogP contribution is -2.37. The molecule has 1 aliphatic heterocycles. The molecule has 1 aliphatic carbocycles. The lowest BCUT2D eigenvalue weighted by molar-refractivity contribution is -0.112. The molecule has 0 bridgehead atoms. The minimum atomic E-state index is -0.514. The number of fused-ring (bicyclic) bond motifs is 2. The Kier molecular flexibility index (Phi) is 5.05. The number of ether oxygens (including phenoxy) is 2. The van der Waals surface area contributed by atoms with Gasteiger partial charge in [-0.2, -0.15) is 5.10 Å². The standard InChI is InChI=1S/C27H22N2O4/c1-29-25-20-6-4-5-7-21(20)26(30)27(31)23(25)22(16-8-12-18(32-2)13-9-16)24(28-29)17-10-14-19(33-3)15-11-17/h4-15,22H,1-3H3. The quantitative estimate of drug-likeness (QED) is 0.568. The Labute approximate surface area is 191 Å². The second-order valence-electron chi connectivity index (χ2n) is 7.91. The monoisotopic (exact) mass is 438 g/mol. The predicted molar refractivity (Wildman–Crippen MR) is 126 cm³/mol. The Hall–Kier alpha value is -4.19. The Morgan fingerprint density at radius 2 is 1.33 bits per heavy atom. The van der Waals surface area contributed by atoms with E-state index in [-0.39, 0.29) is 0 Å². The van der Waals surface area contributed by atoms with E-state index in [0.717, 1.165) is 22.4 Å². The van der Waals surface area contributed by atoms with Crippen LogP contribution in [0.3, 0.4) is 0 Å². The molecule has 2 aliphatic rings. The van der Waals surface area contributed by atoms with E-state index in [9.17, 15) is 9.59 Å². The lowest BCUT2D eigenvalue weighted by atomic mass is 9.74. The fraction of sp³-hybridized carbons (Fsp3) is 0.148. The zero-order valence-corrected chi connectivity index (χ0v) is 18.5. The molecule has 33 heavy (non-hydrogen) atoms.